The van der Waals surface area contributed by atoms with Gasteiger partial charge >= 0.3 is 0 Å². The quantitative estimate of drug-likeness (QED) is 0.579. The average Bonchev–Trinajstić information content (AvgIpc) is 1.89. The molecule has 0 bridgehead atoms. The number of unbranched alkanes of at least 4 members (excludes halogenated alkanes) is 1. The van der Waals surface area contributed by atoms with E-state index < -0.39 is 0 Å². The van der Waals surface area contributed by atoms with Crippen molar-refractivity contribution in [2.24, 2.45) is 0 Å². The van der Waals surface area contributed by atoms with Gasteiger partial charge in [-0.1, -0.05) is 20.3 Å². The van der Waals surface area contributed by atoms with Crippen molar-refractivity contribution in [3.8, 4) is 0 Å². The van der Waals surface area contributed by atoms with E-state index in [1.165, 1.54) is 0 Å². The molecular weight excluding hydrogens is 126 g/mol. The summed E-state index contributed by atoms with van der Waals surface area (Å²) in [5, 5.41) is 2.81. The Hall–Kier alpha value is -0.530. The molecule has 0 saturated carbocycles. The lowest BCUT2D eigenvalue weighted by Crippen LogP contribution is -2.23. The van der Waals surface area contributed by atoms with Crippen LogP contribution in [0.1, 0.15) is 32.6 Å². The van der Waals surface area contributed by atoms with Crippen molar-refractivity contribution in [2.45, 2.75) is 32.6 Å². The van der Waals surface area contributed by atoms with Gasteiger partial charge in [0.15, 0.2) is 0 Å². The van der Waals surface area contributed by atoms with Crippen LogP contribution in [-0.2, 0) is 4.79 Å². The Morgan fingerprint density at radius 2 is 2.30 bits per heavy atom. The third-order valence-electron chi connectivity index (χ3n) is 1.26. The van der Waals surface area contributed by atoms with E-state index in [9.17, 15) is 4.79 Å². The molecule has 0 unspecified atom stereocenters. The Balaban J connectivity index is 3.05. The van der Waals surface area contributed by atoms with Gasteiger partial charge in [0.2, 0.25) is 5.91 Å². The summed E-state index contributed by atoms with van der Waals surface area (Å²) in [6, 6.07) is 0. The number of nitrogens with one attached hydrogen (secondary N) is 1. The first kappa shape index (κ1) is 9.47. The summed E-state index contributed by atoms with van der Waals surface area (Å²) in [6.45, 7) is 6.51. The first-order chi connectivity index (χ1) is 4.81. The van der Waals surface area contributed by atoms with E-state index in [-0.39, 0.29) is 5.91 Å². The Labute approximate surface area is 63.0 Å². The van der Waals surface area contributed by atoms with Crippen molar-refractivity contribution in [1.82, 2.24) is 5.32 Å². The van der Waals surface area contributed by atoms with Gasteiger partial charge in [-0.15, -0.1) is 0 Å². The molecule has 0 aliphatic heterocycles. The molecule has 0 atom stereocenters. The zero-order valence-electron chi connectivity index (χ0n) is 6.65. The zero-order valence-corrected chi connectivity index (χ0v) is 6.65. The topological polar surface area (TPSA) is 29.1 Å². The number of hydrogen-bond acceptors (Lipinski definition) is 1. The molecule has 2 heteroatoms. The molecule has 1 radical (unpaired) electrons. The normalized spacial score (nSPS) is 9.40. The van der Waals surface area contributed by atoms with Crippen LogP contribution >= 0.6 is 0 Å². The molecule has 0 aliphatic carbocycles. The average molecular weight is 142 g/mol. The van der Waals surface area contributed by atoms with Crippen molar-refractivity contribution in [3.63, 3.8) is 0 Å². The zero-order chi connectivity index (χ0) is 7.82. The minimum absolute atomic E-state index is 0.128. The van der Waals surface area contributed by atoms with Crippen LogP contribution in [0.2, 0.25) is 0 Å². The molecule has 2 nitrogen and oxygen atoms in total. The van der Waals surface area contributed by atoms with E-state index in [1.54, 1.807) is 0 Å². The minimum atomic E-state index is 0.128. The molecule has 0 heterocycles. The highest BCUT2D eigenvalue weighted by molar-refractivity contribution is 5.75. The standard InChI is InChI=1S/C8H16NO/c1-3-5-7-9-8(10)6-4-2/h2-7H2,1H3,(H,9,10). The Kier molecular flexibility index (Phi) is 6.24. The molecule has 1 amide bonds. The number of amides is 1. The van der Waals surface area contributed by atoms with E-state index in [2.05, 4.69) is 19.2 Å². The van der Waals surface area contributed by atoms with Crippen molar-refractivity contribution in [1.29, 1.82) is 0 Å². The predicted molar refractivity (Wildman–Crippen MR) is 42.5 cm³/mol. The van der Waals surface area contributed by atoms with Gasteiger partial charge in [0, 0.05) is 13.0 Å². The SMILES string of the molecule is [CH2]CCC(=O)NCCCC. The number of carbonyl (C=O) groups is 1. The lowest BCUT2D eigenvalue weighted by Gasteiger charge is -2.00. The molecule has 0 aromatic rings. The molecule has 0 aromatic heterocycles. The molecule has 0 rings (SSSR count). The molecular formula is C8H16NO. The smallest absolute Gasteiger partial charge is 0.219 e. The second kappa shape index (κ2) is 6.59. The molecule has 10 heavy (non-hydrogen) atoms. The Morgan fingerprint density at radius 3 is 2.80 bits per heavy atom. The highest BCUT2D eigenvalue weighted by Crippen LogP contribution is 1.87. The van der Waals surface area contributed by atoms with Crippen LogP contribution in [0.4, 0.5) is 0 Å². The van der Waals surface area contributed by atoms with Gasteiger partial charge in [-0.3, -0.25) is 4.79 Å². The largest absolute Gasteiger partial charge is 0.356 e. The summed E-state index contributed by atoms with van der Waals surface area (Å²) >= 11 is 0. The number of carbonyl (C=O) groups excluding carboxylic acids is 1. The Bertz CT molecular complexity index is 91.3. The Morgan fingerprint density at radius 1 is 1.60 bits per heavy atom. The monoisotopic (exact) mass is 142 g/mol. The third-order valence-corrected chi connectivity index (χ3v) is 1.26. The fraction of sp³-hybridized carbons (Fsp3) is 0.750. The first-order valence-corrected chi connectivity index (χ1v) is 3.87. The molecule has 59 valence electrons. The number of rotatable bonds is 5. The summed E-state index contributed by atoms with van der Waals surface area (Å²) < 4.78 is 0. The maximum Gasteiger partial charge on any atom is 0.219 e. The maximum atomic E-state index is 10.8. The summed E-state index contributed by atoms with van der Waals surface area (Å²) in [6.07, 6.45) is 3.45. The number of hydrogen-bond donors (Lipinski definition) is 1. The van der Waals surface area contributed by atoms with Crippen LogP contribution in [0, 0.1) is 6.92 Å². The molecule has 0 aliphatic rings. The van der Waals surface area contributed by atoms with Crippen LogP contribution in [0.15, 0.2) is 0 Å². The highest BCUT2D eigenvalue weighted by Gasteiger charge is 1.95. The van der Waals surface area contributed by atoms with Crippen LogP contribution in [0.5, 0.6) is 0 Å². The van der Waals surface area contributed by atoms with Gasteiger partial charge in [0.1, 0.15) is 0 Å². The second-order valence-electron chi connectivity index (χ2n) is 2.31. The molecule has 1 N–H and O–H groups in total. The summed E-state index contributed by atoms with van der Waals surface area (Å²) in [5.41, 5.74) is 0. The molecule has 0 fully saturated rings. The maximum absolute atomic E-state index is 10.8. The third kappa shape index (κ3) is 5.60. The highest BCUT2D eigenvalue weighted by atomic mass is 16.1. The van der Waals surface area contributed by atoms with Gasteiger partial charge in [-0.25, -0.2) is 0 Å². The molecule has 0 saturated heterocycles. The van der Waals surface area contributed by atoms with Crippen LogP contribution in [-0.4, -0.2) is 12.5 Å². The predicted octanol–water partition coefficient (Wildman–Crippen LogP) is 1.52. The molecule has 0 aromatic carbocycles. The van der Waals surface area contributed by atoms with Crippen molar-refractivity contribution in [2.75, 3.05) is 6.54 Å². The van der Waals surface area contributed by atoms with Gasteiger partial charge < -0.3 is 5.32 Å². The van der Waals surface area contributed by atoms with Crippen molar-refractivity contribution in [3.05, 3.63) is 6.92 Å². The van der Waals surface area contributed by atoms with E-state index in [1.807, 2.05) is 0 Å². The molecule has 0 spiro atoms. The van der Waals surface area contributed by atoms with E-state index >= 15 is 0 Å². The fourth-order valence-electron chi connectivity index (χ4n) is 0.654. The summed E-state index contributed by atoms with van der Waals surface area (Å²) in [4.78, 5) is 10.8. The van der Waals surface area contributed by atoms with Gasteiger partial charge in [-0.2, -0.15) is 0 Å². The lowest BCUT2D eigenvalue weighted by molar-refractivity contribution is -0.121. The van der Waals surface area contributed by atoms with Gasteiger partial charge in [0.05, 0.1) is 0 Å². The minimum Gasteiger partial charge on any atom is -0.356 e. The summed E-state index contributed by atoms with van der Waals surface area (Å²) in [5.74, 6) is 0.128. The van der Waals surface area contributed by atoms with Crippen LogP contribution < -0.4 is 5.32 Å². The lowest BCUT2D eigenvalue weighted by atomic mass is 10.3. The van der Waals surface area contributed by atoms with E-state index in [0.717, 1.165) is 19.4 Å². The van der Waals surface area contributed by atoms with Gasteiger partial charge in [0.25, 0.3) is 0 Å². The fourth-order valence-corrected chi connectivity index (χ4v) is 0.654. The summed E-state index contributed by atoms with van der Waals surface area (Å²) in [7, 11) is 0. The van der Waals surface area contributed by atoms with Crippen LogP contribution in [0.25, 0.3) is 0 Å². The first-order valence-electron chi connectivity index (χ1n) is 3.87. The van der Waals surface area contributed by atoms with Crippen LogP contribution in [0.3, 0.4) is 0 Å². The van der Waals surface area contributed by atoms with Crippen molar-refractivity contribution < 1.29 is 4.79 Å². The van der Waals surface area contributed by atoms with Crippen molar-refractivity contribution >= 4 is 5.91 Å². The van der Waals surface area contributed by atoms with E-state index in [4.69, 9.17) is 0 Å². The van der Waals surface area contributed by atoms with Gasteiger partial charge in [-0.05, 0) is 12.8 Å². The van der Waals surface area contributed by atoms with E-state index in [0.29, 0.717) is 12.8 Å². The second-order valence-corrected chi connectivity index (χ2v) is 2.31.